The van der Waals surface area contributed by atoms with Gasteiger partial charge in [-0.05, 0) is 12.1 Å². The first-order chi connectivity index (χ1) is 8.33. The minimum Gasteiger partial charge on any atom is -0.454 e. The quantitative estimate of drug-likeness (QED) is 0.852. The maximum absolute atomic E-state index is 11.7. The maximum Gasteiger partial charge on any atom is 0.294 e. The summed E-state index contributed by atoms with van der Waals surface area (Å²) in [6, 6.07) is 6.64. The third-order valence-electron chi connectivity index (χ3n) is 2.29. The van der Waals surface area contributed by atoms with Crippen LogP contribution in [-0.2, 0) is 0 Å². The van der Waals surface area contributed by atoms with Gasteiger partial charge in [-0.1, -0.05) is 5.16 Å². The van der Waals surface area contributed by atoms with Crippen LogP contribution < -0.4 is 14.8 Å². The molecular formula is C11H8N2O4. The number of aromatic nitrogens is 1. The zero-order chi connectivity index (χ0) is 11.7. The predicted octanol–water partition coefficient (Wildman–Crippen LogP) is 1.66. The van der Waals surface area contributed by atoms with Crippen LogP contribution in [0.5, 0.6) is 11.5 Å². The van der Waals surface area contributed by atoms with Gasteiger partial charge in [0.1, 0.15) is 0 Å². The Balaban J connectivity index is 1.80. The summed E-state index contributed by atoms with van der Waals surface area (Å²) >= 11 is 0. The average Bonchev–Trinajstić information content (AvgIpc) is 2.99. The lowest BCUT2D eigenvalue weighted by molar-refractivity contribution is 0.0988. The van der Waals surface area contributed by atoms with Crippen LogP contribution in [0.2, 0.25) is 0 Å². The van der Waals surface area contributed by atoms with E-state index in [0.29, 0.717) is 17.2 Å². The maximum atomic E-state index is 11.7. The molecule has 6 nitrogen and oxygen atoms in total. The Morgan fingerprint density at radius 1 is 1.24 bits per heavy atom. The molecule has 0 radical (unpaired) electrons. The van der Waals surface area contributed by atoms with Crippen molar-refractivity contribution in [2.24, 2.45) is 0 Å². The van der Waals surface area contributed by atoms with E-state index in [-0.39, 0.29) is 18.5 Å². The lowest BCUT2D eigenvalue weighted by Crippen LogP contribution is -2.10. The molecule has 1 aliphatic heterocycles. The van der Waals surface area contributed by atoms with Crippen molar-refractivity contribution in [1.29, 1.82) is 0 Å². The summed E-state index contributed by atoms with van der Waals surface area (Å²) < 4.78 is 15.1. The molecule has 2 aromatic rings. The zero-order valence-electron chi connectivity index (χ0n) is 8.67. The third-order valence-corrected chi connectivity index (χ3v) is 2.29. The van der Waals surface area contributed by atoms with Crippen LogP contribution in [0.25, 0.3) is 0 Å². The molecule has 2 heterocycles. The van der Waals surface area contributed by atoms with E-state index in [1.807, 2.05) is 0 Å². The number of rotatable bonds is 2. The fourth-order valence-electron chi connectivity index (χ4n) is 1.50. The Hall–Kier alpha value is -2.50. The fourth-order valence-corrected chi connectivity index (χ4v) is 1.50. The Kier molecular flexibility index (Phi) is 2.18. The van der Waals surface area contributed by atoms with Crippen LogP contribution in [-0.4, -0.2) is 17.9 Å². The number of anilines is 1. The third kappa shape index (κ3) is 1.80. The first-order valence-electron chi connectivity index (χ1n) is 4.94. The molecular weight excluding hydrogens is 224 g/mol. The Bertz CT molecular complexity index is 551. The van der Waals surface area contributed by atoms with E-state index in [1.165, 1.54) is 12.3 Å². The van der Waals surface area contributed by atoms with Crippen molar-refractivity contribution in [3.8, 4) is 11.5 Å². The van der Waals surface area contributed by atoms with E-state index in [2.05, 4.69) is 10.5 Å². The first-order valence-corrected chi connectivity index (χ1v) is 4.94. The van der Waals surface area contributed by atoms with Gasteiger partial charge in [-0.2, -0.15) is 0 Å². The summed E-state index contributed by atoms with van der Waals surface area (Å²) in [6.07, 6.45) is 1.41. The molecule has 17 heavy (non-hydrogen) atoms. The van der Waals surface area contributed by atoms with Gasteiger partial charge in [0.15, 0.2) is 11.5 Å². The van der Waals surface area contributed by atoms with E-state index < -0.39 is 0 Å². The predicted molar refractivity (Wildman–Crippen MR) is 57.0 cm³/mol. The Labute approximate surface area is 96.1 Å². The Morgan fingerprint density at radius 2 is 2.12 bits per heavy atom. The van der Waals surface area contributed by atoms with Crippen LogP contribution in [0.3, 0.4) is 0 Å². The highest BCUT2D eigenvalue weighted by Gasteiger charge is 2.15. The van der Waals surface area contributed by atoms with Gasteiger partial charge in [0.25, 0.3) is 5.91 Å². The smallest absolute Gasteiger partial charge is 0.294 e. The van der Waals surface area contributed by atoms with E-state index in [9.17, 15) is 4.79 Å². The van der Waals surface area contributed by atoms with Crippen molar-refractivity contribution >= 4 is 11.6 Å². The molecule has 3 rings (SSSR count). The second-order valence-electron chi connectivity index (χ2n) is 3.40. The van der Waals surface area contributed by atoms with E-state index in [1.54, 1.807) is 18.2 Å². The summed E-state index contributed by atoms with van der Waals surface area (Å²) in [5.41, 5.74) is 0.607. The standard InChI is InChI=1S/C11H8N2O4/c14-11(9-3-4-12-17-9)13-7-1-2-8-10(5-7)16-6-15-8/h1-5H,6H2,(H,13,14). The summed E-state index contributed by atoms with van der Waals surface area (Å²) in [4.78, 5) is 11.7. The monoisotopic (exact) mass is 232 g/mol. The molecule has 1 N–H and O–H groups in total. The van der Waals surface area contributed by atoms with E-state index in [4.69, 9.17) is 14.0 Å². The fraction of sp³-hybridized carbons (Fsp3) is 0.0909. The van der Waals surface area contributed by atoms with Gasteiger partial charge in [-0.3, -0.25) is 4.79 Å². The topological polar surface area (TPSA) is 73.6 Å². The number of carbonyl (C=O) groups is 1. The number of hydrogen-bond donors (Lipinski definition) is 1. The average molecular weight is 232 g/mol. The van der Waals surface area contributed by atoms with E-state index in [0.717, 1.165) is 0 Å². The lowest BCUT2D eigenvalue weighted by atomic mass is 10.2. The molecule has 0 saturated carbocycles. The first kappa shape index (κ1) is 9.71. The highest BCUT2D eigenvalue weighted by molar-refractivity contribution is 6.02. The largest absolute Gasteiger partial charge is 0.454 e. The summed E-state index contributed by atoms with van der Waals surface area (Å²) in [5.74, 6) is 1.08. The van der Waals surface area contributed by atoms with Crippen LogP contribution >= 0.6 is 0 Å². The van der Waals surface area contributed by atoms with Gasteiger partial charge in [0, 0.05) is 17.8 Å². The number of fused-ring (bicyclic) bond motifs is 1. The second-order valence-corrected chi connectivity index (χ2v) is 3.40. The molecule has 0 saturated heterocycles. The van der Waals surface area contributed by atoms with Crippen molar-refractivity contribution in [2.75, 3.05) is 12.1 Å². The molecule has 86 valence electrons. The van der Waals surface area contributed by atoms with Crippen molar-refractivity contribution in [3.05, 3.63) is 36.2 Å². The van der Waals surface area contributed by atoms with Crippen molar-refractivity contribution < 1.29 is 18.8 Å². The van der Waals surface area contributed by atoms with Crippen LogP contribution in [0.1, 0.15) is 10.6 Å². The molecule has 0 bridgehead atoms. The highest BCUT2D eigenvalue weighted by atomic mass is 16.7. The molecule has 0 fully saturated rings. The van der Waals surface area contributed by atoms with Gasteiger partial charge in [-0.15, -0.1) is 0 Å². The van der Waals surface area contributed by atoms with Crippen molar-refractivity contribution in [3.63, 3.8) is 0 Å². The number of amides is 1. The van der Waals surface area contributed by atoms with Gasteiger partial charge < -0.3 is 19.3 Å². The molecule has 1 amide bonds. The van der Waals surface area contributed by atoms with Crippen molar-refractivity contribution in [2.45, 2.75) is 0 Å². The number of nitrogens with zero attached hydrogens (tertiary/aromatic N) is 1. The number of carbonyl (C=O) groups excluding carboxylic acids is 1. The normalized spacial score (nSPS) is 12.5. The van der Waals surface area contributed by atoms with Gasteiger partial charge in [0.2, 0.25) is 12.6 Å². The lowest BCUT2D eigenvalue weighted by Gasteiger charge is -2.03. The van der Waals surface area contributed by atoms with Gasteiger partial charge >= 0.3 is 0 Å². The molecule has 0 unspecified atom stereocenters. The van der Waals surface area contributed by atoms with Gasteiger partial charge in [0.05, 0.1) is 6.20 Å². The SMILES string of the molecule is O=C(Nc1ccc2c(c1)OCO2)c1ccno1. The molecule has 1 aromatic heterocycles. The molecule has 0 spiro atoms. The molecule has 0 atom stereocenters. The van der Waals surface area contributed by atoms with Crippen LogP contribution in [0, 0.1) is 0 Å². The molecule has 0 aliphatic carbocycles. The molecule has 1 aromatic carbocycles. The minimum atomic E-state index is -0.360. The number of hydrogen-bond acceptors (Lipinski definition) is 5. The van der Waals surface area contributed by atoms with Crippen LogP contribution in [0.4, 0.5) is 5.69 Å². The molecule has 1 aliphatic rings. The summed E-state index contributed by atoms with van der Waals surface area (Å²) in [5, 5.41) is 6.13. The number of benzene rings is 1. The second kappa shape index (κ2) is 3.82. The highest BCUT2D eigenvalue weighted by Crippen LogP contribution is 2.34. The Morgan fingerprint density at radius 3 is 2.94 bits per heavy atom. The van der Waals surface area contributed by atoms with E-state index >= 15 is 0 Å². The number of ether oxygens (including phenoxy) is 2. The zero-order valence-corrected chi connectivity index (χ0v) is 8.67. The van der Waals surface area contributed by atoms with Gasteiger partial charge in [-0.25, -0.2) is 0 Å². The van der Waals surface area contributed by atoms with Crippen LogP contribution in [0.15, 0.2) is 35.0 Å². The molecule has 6 heteroatoms. The summed E-state index contributed by atoms with van der Waals surface area (Å²) in [7, 11) is 0. The summed E-state index contributed by atoms with van der Waals surface area (Å²) in [6.45, 7) is 0.203. The van der Waals surface area contributed by atoms with Crippen molar-refractivity contribution in [1.82, 2.24) is 5.16 Å². The minimum absolute atomic E-state index is 0.155. The number of nitrogens with one attached hydrogen (secondary N) is 1.